The van der Waals surface area contributed by atoms with Gasteiger partial charge in [0.05, 0.1) is 18.1 Å². The number of benzene rings is 1. The van der Waals surface area contributed by atoms with Crippen LogP contribution in [0.2, 0.25) is 0 Å². The zero-order valence-corrected chi connectivity index (χ0v) is 11.8. The normalized spacial score (nSPS) is 17.0. The molecule has 1 aliphatic heterocycles. The SMILES string of the molecule is CCc1ccc(S(=O)(=O)N=CN2CCOCC2)cc1. The van der Waals surface area contributed by atoms with Crippen molar-refractivity contribution in [1.82, 2.24) is 4.90 Å². The zero-order valence-electron chi connectivity index (χ0n) is 10.9. The first kappa shape index (κ1) is 14.0. The maximum absolute atomic E-state index is 12.0. The fourth-order valence-corrected chi connectivity index (χ4v) is 2.64. The quantitative estimate of drug-likeness (QED) is 0.617. The largest absolute Gasteiger partial charge is 0.378 e. The maximum atomic E-state index is 12.0. The Kier molecular flexibility index (Phi) is 4.55. The first-order valence-electron chi connectivity index (χ1n) is 6.33. The number of nitrogens with zero attached hydrogens (tertiary/aromatic N) is 2. The van der Waals surface area contributed by atoms with Gasteiger partial charge in [-0.15, -0.1) is 4.40 Å². The standard InChI is InChI=1S/C13H18N2O3S/c1-2-12-3-5-13(6-4-12)19(16,17)14-11-15-7-9-18-10-8-15/h3-6,11H,2,7-10H2,1H3. The predicted molar refractivity (Wildman–Crippen MR) is 73.9 cm³/mol. The van der Waals surface area contributed by atoms with Crippen molar-refractivity contribution in [3.63, 3.8) is 0 Å². The molecule has 1 aromatic carbocycles. The molecule has 2 rings (SSSR count). The van der Waals surface area contributed by atoms with Crippen LogP contribution in [0.15, 0.2) is 33.6 Å². The molecule has 0 unspecified atom stereocenters. The molecule has 1 heterocycles. The van der Waals surface area contributed by atoms with Crippen molar-refractivity contribution in [2.45, 2.75) is 18.2 Å². The van der Waals surface area contributed by atoms with Crippen LogP contribution in [0.25, 0.3) is 0 Å². The van der Waals surface area contributed by atoms with Gasteiger partial charge in [-0.1, -0.05) is 19.1 Å². The molecule has 0 atom stereocenters. The number of ether oxygens (including phenoxy) is 1. The van der Waals surface area contributed by atoms with Crippen molar-refractivity contribution in [2.75, 3.05) is 26.3 Å². The van der Waals surface area contributed by atoms with Gasteiger partial charge in [0.25, 0.3) is 10.0 Å². The number of rotatable bonds is 4. The summed E-state index contributed by atoms with van der Waals surface area (Å²) in [4.78, 5) is 2.08. The Bertz CT molecular complexity index is 532. The van der Waals surface area contributed by atoms with Crippen LogP contribution in [0, 0.1) is 0 Å². The van der Waals surface area contributed by atoms with Crippen LogP contribution in [0.4, 0.5) is 0 Å². The molecule has 0 N–H and O–H groups in total. The molecule has 0 bridgehead atoms. The van der Waals surface area contributed by atoms with Gasteiger partial charge in [-0.25, -0.2) is 0 Å². The third kappa shape index (κ3) is 3.78. The Morgan fingerprint density at radius 2 is 1.89 bits per heavy atom. The Morgan fingerprint density at radius 3 is 2.47 bits per heavy atom. The van der Waals surface area contributed by atoms with Crippen molar-refractivity contribution >= 4 is 16.4 Å². The van der Waals surface area contributed by atoms with Gasteiger partial charge in [-0.2, -0.15) is 8.42 Å². The molecule has 1 aliphatic rings. The molecule has 0 aromatic heterocycles. The molecule has 6 heteroatoms. The van der Waals surface area contributed by atoms with Gasteiger partial charge >= 0.3 is 0 Å². The third-order valence-electron chi connectivity index (χ3n) is 3.02. The van der Waals surface area contributed by atoms with E-state index in [0.717, 1.165) is 12.0 Å². The molecule has 19 heavy (non-hydrogen) atoms. The minimum Gasteiger partial charge on any atom is -0.378 e. The van der Waals surface area contributed by atoms with E-state index in [1.54, 1.807) is 12.1 Å². The summed E-state index contributed by atoms with van der Waals surface area (Å²) in [6.45, 7) is 4.59. The fraction of sp³-hybridized carbons (Fsp3) is 0.462. The van der Waals surface area contributed by atoms with Gasteiger partial charge in [0.15, 0.2) is 0 Å². The topological polar surface area (TPSA) is 59.0 Å². The van der Waals surface area contributed by atoms with Crippen LogP contribution >= 0.6 is 0 Å². The summed E-state index contributed by atoms with van der Waals surface area (Å²) in [7, 11) is -3.60. The summed E-state index contributed by atoms with van der Waals surface area (Å²) in [5, 5.41) is 0. The van der Waals surface area contributed by atoms with E-state index in [0.29, 0.717) is 26.3 Å². The number of morpholine rings is 1. The number of hydrogen-bond acceptors (Lipinski definition) is 3. The summed E-state index contributed by atoms with van der Waals surface area (Å²) in [5.74, 6) is 0. The molecule has 5 nitrogen and oxygen atoms in total. The van der Waals surface area contributed by atoms with E-state index in [1.807, 2.05) is 24.0 Å². The lowest BCUT2D eigenvalue weighted by Gasteiger charge is -2.23. The molecular weight excluding hydrogens is 264 g/mol. The van der Waals surface area contributed by atoms with Crippen molar-refractivity contribution in [3.05, 3.63) is 29.8 Å². The lowest BCUT2D eigenvalue weighted by molar-refractivity contribution is 0.0701. The highest BCUT2D eigenvalue weighted by molar-refractivity contribution is 7.90. The molecule has 0 saturated carbocycles. The fourth-order valence-electron chi connectivity index (χ4n) is 1.78. The molecular formula is C13H18N2O3S. The average Bonchev–Trinajstić information content (AvgIpc) is 2.46. The summed E-state index contributed by atoms with van der Waals surface area (Å²) in [6, 6.07) is 6.84. The van der Waals surface area contributed by atoms with E-state index < -0.39 is 10.0 Å². The Labute approximate surface area is 114 Å². The highest BCUT2D eigenvalue weighted by Crippen LogP contribution is 2.13. The van der Waals surface area contributed by atoms with Gasteiger partial charge in [-0.3, -0.25) is 0 Å². The van der Waals surface area contributed by atoms with Crippen LogP contribution in [0.1, 0.15) is 12.5 Å². The predicted octanol–water partition coefficient (Wildman–Crippen LogP) is 1.30. The van der Waals surface area contributed by atoms with Crippen LogP contribution in [-0.2, 0) is 21.2 Å². The van der Waals surface area contributed by atoms with Gasteiger partial charge in [0.1, 0.15) is 6.34 Å². The van der Waals surface area contributed by atoms with Gasteiger partial charge in [-0.05, 0) is 24.1 Å². The second-order valence-electron chi connectivity index (χ2n) is 4.34. The van der Waals surface area contributed by atoms with Gasteiger partial charge in [0.2, 0.25) is 0 Å². The van der Waals surface area contributed by atoms with E-state index in [9.17, 15) is 8.42 Å². The lowest BCUT2D eigenvalue weighted by Crippen LogP contribution is -2.35. The highest BCUT2D eigenvalue weighted by atomic mass is 32.2. The molecule has 0 amide bonds. The highest BCUT2D eigenvalue weighted by Gasteiger charge is 2.13. The molecule has 0 radical (unpaired) electrons. The summed E-state index contributed by atoms with van der Waals surface area (Å²) in [6.07, 6.45) is 2.28. The summed E-state index contributed by atoms with van der Waals surface area (Å²) >= 11 is 0. The zero-order chi connectivity index (χ0) is 13.7. The lowest BCUT2D eigenvalue weighted by atomic mass is 10.2. The minimum absolute atomic E-state index is 0.231. The third-order valence-corrected chi connectivity index (χ3v) is 4.26. The molecule has 0 spiro atoms. The van der Waals surface area contributed by atoms with E-state index in [4.69, 9.17) is 4.74 Å². The van der Waals surface area contributed by atoms with Crippen molar-refractivity contribution in [1.29, 1.82) is 0 Å². The molecule has 104 valence electrons. The van der Waals surface area contributed by atoms with E-state index in [2.05, 4.69) is 4.40 Å². The molecule has 1 fully saturated rings. The first-order chi connectivity index (χ1) is 9.12. The van der Waals surface area contributed by atoms with Gasteiger partial charge in [0, 0.05) is 13.1 Å². The minimum atomic E-state index is -3.60. The van der Waals surface area contributed by atoms with Crippen molar-refractivity contribution < 1.29 is 13.2 Å². The van der Waals surface area contributed by atoms with E-state index >= 15 is 0 Å². The second-order valence-corrected chi connectivity index (χ2v) is 5.97. The maximum Gasteiger partial charge on any atom is 0.283 e. The average molecular weight is 282 g/mol. The smallest absolute Gasteiger partial charge is 0.283 e. The van der Waals surface area contributed by atoms with E-state index in [-0.39, 0.29) is 4.90 Å². The summed E-state index contributed by atoms with van der Waals surface area (Å²) in [5.41, 5.74) is 1.11. The van der Waals surface area contributed by atoms with Gasteiger partial charge < -0.3 is 9.64 Å². The van der Waals surface area contributed by atoms with E-state index in [1.165, 1.54) is 6.34 Å². The Morgan fingerprint density at radius 1 is 1.26 bits per heavy atom. The Hall–Kier alpha value is -1.40. The monoisotopic (exact) mass is 282 g/mol. The number of hydrogen-bond donors (Lipinski definition) is 0. The second kappa shape index (κ2) is 6.16. The molecule has 1 aromatic rings. The van der Waals surface area contributed by atoms with Crippen LogP contribution in [0.3, 0.4) is 0 Å². The Balaban J connectivity index is 2.10. The van der Waals surface area contributed by atoms with Crippen LogP contribution in [0.5, 0.6) is 0 Å². The van der Waals surface area contributed by atoms with Crippen molar-refractivity contribution in [3.8, 4) is 0 Å². The van der Waals surface area contributed by atoms with Crippen molar-refractivity contribution in [2.24, 2.45) is 4.40 Å². The number of sulfonamides is 1. The number of aryl methyl sites for hydroxylation is 1. The first-order valence-corrected chi connectivity index (χ1v) is 7.77. The van der Waals surface area contributed by atoms with Crippen LogP contribution in [-0.4, -0.2) is 46.0 Å². The molecule has 0 aliphatic carbocycles. The molecule has 1 saturated heterocycles. The van der Waals surface area contributed by atoms with Crippen LogP contribution < -0.4 is 0 Å². The summed E-state index contributed by atoms with van der Waals surface area (Å²) < 4.78 is 32.9.